The van der Waals surface area contributed by atoms with Crippen LogP contribution in [0.2, 0.25) is 0 Å². The van der Waals surface area contributed by atoms with E-state index in [1.54, 1.807) is 14.2 Å². The van der Waals surface area contributed by atoms with Crippen LogP contribution in [0.3, 0.4) is 0 Å². The highest BCUT2D eigenvalue weighted by atomic mass is 16.7. The molecular weight excluding hydrogens is 689 g/mol. The van der Waals surface area contributed by atoms with Gasteiger partial charge in [-0.1, -0.05) is 81.4 Å². The third-order valence-corrected chi connectivity index (χ3v) is 19.3. The van der Waals surface area contributed by atoms with E-state index < -0.39 is 16.9 Å². The Bertz CT molecular complexity index is 1430. The summed E-state index contributed by atoms with van der Waals surface area (Å²) in [6.45, 7) is 30.4. The Hall–Kier alpha value is -1.38. The van der Waals surface area contributed by atoms with Crippen LogP contribution in [0.15, 0.2) is 25.3 Å². The number of carbonyl (C=O) groups excluding carboxylic acids is 2. The number of methoxy groups -OCH3 is 3. The normalized spacial score (nSPS) is 50.5. The number of aliphatic hydroxyl groups excluding tert-OH is 1. The molecule has 6 rings (SSSR count). The summed E-state index contributed by atoms with van der Waals surface area (Å²) in [6, 6.07) is 0. The summed E-state index contributed by atoms with van der Waals surface area (Å²) in [5.41, 5.74) is -1.36. The van der Waals surface area contributed by atoms with Gasteiger partial charge in [-0.25, -0.2) is 0 Å². The van der Waals surface area contributed by atoms with Gasteiger partial charge in [0.15, 0.2) is 0 Å². The molecule has 0 spiro atoms. The number of Topliss-reactive ketones (excluding diaryl/α,β-unsaturated/α-hetero) is 2. The monoisotopic (exact) mass is 769 g/mol. The van der Waals surface area contributed by atoms with E-state index in [0.29, 0.717) is 42.2 Å². The summed E-state index contributed by atoms with van der Waals surface area (Å²) in [4.78, 5) is 27.9. The average molecular weight is 769 g/mol. The van der Waals surface area contributed by atoms with Gasteiger partial charge in [-0.05, 0) is 111 Å². The number of aliphatic hydroxyl groups is 1. The fraction of sp³-hybridized carbons (Fsp3) is 0.875. The van der Waals surface area contributed by atoms with Crippen molar-refractivity contribution in [1.82, 2.24) is 0 Å². The molecule has 6 unspecified atom stereocenters. The molecule has 4 bridgehead atoms. The highest BCUT2D eigenvalue weighted by molar-refractivity contribution is 5.88. The average Bonchev–Trinajstić information content (AvgIpc) is 3.78. The molecule has 0 heterocycles. The van der Waals surface area contributed by atoms with Gasteiger partial charge < -0.3 is 24.1 Å². The second-order valence-electron chi connectivity index (χ2n) is 20.7. The lowest BCUT2D eigenvalue weighted by molar-refractivity contribution is -0.221. The Labute approximate surface area is 335 Å². The molecule has 0 radical (unpaired) electrons. The second-order valence-corrected chi connectivity index (χ2v) is 20.7. The van der Waals surface area contributed by atoms with Crippen molar-refractivity contribution in [3.63, 3.8) is 0 Å². The first-order valence-electron chi connectivity index (χ1n) is 21.9. The van der Waals surface area contributed by atoms with Crippen LogP contribution >= 0.6 is 0 Å². The summed E-state index contributed by atoms with van der Waals surface area (Å²) in [5.74, 6) is 2.38. The molecular formula is C48H80O7. The van der Waals surface area contributed by atoms with E-state index >= 15 is 0 Å². The number of hydrogen-bond acceptors (Lipinski definition) is 7. The van der Waals surface area contributed by atoms with E-state index in [9.17, 15) is 14.7 Å². The molecule has 314 valence electrons. The maximum atomic E-state index is 14.1. The van der Waals surface area contributed by atoms with Crippen LogP contribution in [0.4, 0.5) is 0 Å². The fourth-order valence-corrected chi connectivity index (χ4v) is 14.6. The van der Waals surface area contributed by atoms with Gasteiger partial charge in [0.25, 0.3) is 0 Å². The van der Waals surface area contributed by atoms with Crippen molar-refractivity contribution >= 4 is 11.6 Å². The van der Waals surface area contributed by atoms with Gasteiger partial charge in [0.2, 0.25) is 0 Å². The van der Waals surface area contributed by atoms with Crippen LogP contribution in [0, 0.1) is 79.8 Å². The molecule has 7 heteroatoms. The first-order chi connectivity index (χ1) is 25.7. The first-order valence-corrected chi connectivity index (χ1v) is 21.9. The van der Waals surface area contributed by atoms with Crippen molar-refractivity contribution in [2.75, 3.05) is 28.1 Å². The first kappa shape index (κ1) is 44.7. The molecule has 0 aromatic rings. The maximum Gasteiger partial charge on any atom is 0.146 e. The molecule has 6 aliphatic rings. The zero-order valence-electron chi connectivity index (χ0n) is 37.2. The van der Waals surface area contributed by atoms with Crippen LogP contribution in [0.1, 0.15) is 133 Å². The van der Waals surface area contributed by atoms with Gasteiger partial charge in [0.1, 0.15) is 18.4 Å². The van der Waals surface area contributed by atoms with Crippen LogP contribution in [-0.4, -0.2) is 69.2 Å². The van der Waals surface area contributed by atoms with Gasteiger partial charge in [-0.2, -0.15) is 0 Å². The third kappa shape index (κ3) is 6.45. The highest BCUT2D eigenvalue weighted by Crippen LogP contribution is 2.70. The smallest absolute Gasteiger partial charge is 0.146 e. The van der Waals surface area contributed by atoms with Crippen molar-refractivity contribution in [2.45, 2.75) is 158 Å². The molecule has 0 amide bonds. The lowest BCUT2D eigenvalue weighted by atomic mass is 9.43. The zero-order valence-corrected chi connectivity index (χ0v) is 37.2. The van der Waals surface area contributed by atoms with Gasteiger partial charge in [-0.3, -0.25) is 9.59 Å². The number of hydrogen-bond donors (Lipinski definition) is 1. The summed E-state index contributed by atoms with van der Waals surface area (Å²) < 4.78 is 23.8. The molecule has 18 atom stereocenters. The van der Waals surface area contributed by atoms with Crippen molar-refractivity contribution in [1.29, 1.82) is 0 Å². The Morgan fingerprint density at radius 1 is 0.691 bits per heavy atom. The molecule has 6 fully saturated rings. The van der Waals surface area contributed by atoms with Crippen LogP contribution in [-0.2, 0) is 28.5 Å². The minimum Gasteiger partial charge on any atom is -0.393 e. The topological polar surface area (TPSA) is 91.3 Å². The Morgan fingerprint density at radius 2 is 1.09 bits per heavy atom. The molecule has 0 aromatic heterocycles. The predicted octanol–water partition coefficient (Wildman–Crippen LogP) is 9.89. The SMILES string of the molecule is C=CC(C)[C@]1(C)C[C@@H](O)[C@@]2(C)C3[C@H](OC)CCC3(CC[C@H]2C)[C@@H](C)C1=O.C=CC(C)[C@]1(C)C[C@@H](OCOC)[C@@]2(C)C3[C@H](OC)CCC3(CC[C@H]2C)[C@@H](C)C1=O. The highest BCUT2D eigenvalue weighted by Gasteiger charge is 2.70. The van der Waals surface area contributed by atoms with E-state index in [2.05, 4.69) is 82.4 Å². The molecule has 0 saturated heterocycles. The minimum absolute atomic E-state index is 0.000579. The summed E-state index contributed by atoms with van der Waals surface area (Å²) in [6.07, 6.45) is 13.4. The van der Waals surface area contributed by atoms with Crippen molar-refractivity contribution in [2.24, 2.45) is 79.8 Å². The Kier molecular flexibility index (Phi) is 13.0. The van der Waals surface area contributed by atoms with Gasteiger partial charge >= 0.3 is 0 Å². The number of ketones is 2. The van der Waals surface area contributed by atoms with E-state index in [0.717, 1.165) is 51.4 Å². The predicted molar refractivity (Wildman–Crippen MR) is 220 cm³/mol. The maximum absolute atomic E-state index is 14.1. The molecule has 0 aromatic carbocycles. The fourth-order valence-electron chi connectivity index (χ4n) is 14.6. The summed E-state index contributed by atoms with van der Waals surface area (Å²) in [5, 5.41) is 11.6. The molecule has 6 aliphatic carbocycles. The van der Waals surface area contributed by atoms with Crippen LogP contribution < -0.4 is 0 Å². The number of allylic oxidation sites excluding steroid dienone is 2. The zero-order chi connectivity index (χ0) is 41.1. The van der Waals surface area contributed by atoms with Gasteiger partial charge in [0, 0.05) is 54.8 Å². The van der Waals surface area contributed by atoms with Crippen LogP contribution in [0.5, 0.6) is 0 Å². The van der Waals surface area contributed by atoms with E-state index in [-0.39, 0.29) is 76.4 Å². The molecule has 55 heavy (non-hydrogen) atoms. The van der Waals surface area contributed by atoms with E-state index in [1.165, 1.54) is 0 Å². The molecule has 1 N–H and O–H groups in total. The largest absolute Gasteiger partial charge is 0.393 e. The van der Waals surface area contributed by atoms with Gasteiger partial charge in [0.05, 0.1) is 24.4 Å². The van der Waals surface area contributed by atoms with Gasteiger partial charge in [-0.15, -0.1) is 13.2 Å². The van der Waals surface area contributed by atoms with Crippen molar-refractivity contribution in [3.05, 3.63) is 25.3 Å². The quantitative estimate of drug-likeness (QED) is 0.185. The number of rotatable bonds is 9. The van der Waals surface area contributed by atoms with E-state index in [1.807, 2.05) is 19.3 Å². The molecule has 0 aliphatic heterocycles. The summed E-state index contributed by atoms with van der Waals surface area (Å²) >= 11 is 0. The summed E-state index contributed by atoms with van der Waals surface area (Å²) in [7, 11) is 5.31. The Balaban J connectivity index is 0.000000212. The Morgan fingerprint density at radius 3 is 1.51 bits per heavy atom. The third-order valence-electron chi connectivity index (χ3n) is 19.3. The van der Waals surface area contributed by atoms with Crippen molar-refractivity contribution < 1.29 is 33.6 Å². The number of carbonyl (C=O) groups is 2. The lowest BCUT2D eigenvalue weighted by Gasteiger charge is -2.62. The van der Waals surface area contributed by atoms with Crippen molar-refractivity contribution in [3.8, 4) is 0 Å². The standard InChI is InChI=1S/C25H42O4.C23H38O3/c1-9-16(2)23(5)14-20(29-15-27-7)24(6)17(3)10-12-25(18(4)22(23)26)13-11-19(28-8)21(24)25;1-8-14(2)21(5)13-18(24)22(6)15(3)9-11-23(16(4)20(21)25)12-10-17(26-7)19(22)23/h9,16-21H,1,10-15H2,2-8H3;8,14-19,24H,1,9-13H2,2-7H3/t16?,17-,18+,19-,20-,21?,23+,24+,25?;14?,15-,16+,17-,18-,19?,21+,22+,23?/m11/s1. The molecule has 6 saturated carbocycles. The lowest BCUT2D eigenvalue weighted by Crippen LogP contribution is -2.63. The molecule has 7 nitrogen and oxygen atoms in total. The second kappa shape index (κ2) is 16.0. The number of ether oxygens (including phenoxy) is 4. The minimum atomic E-state index is -0.554. The van der Waals surface area contributed by atoms with E-state index in [4.69, 9.17) is 18.9 Å². The van der Waals surface area contributed by atoms with Crippen LogP contribution in [0.25, 0.3) is 0 Å².